The van der Waals surface area contributed by atoms with Gasteiger partial charge in [0, 0.05) is 12.1 Å². The number of ether oxygens (including phenoxy) is 1. The number of benzene rings is 1. The summed E-state index contributed by atoms with van der Waals surface area (Å²) in [5, 5.41) is 9.19. The van der Waals surface area contributed by atoms with Gasteiger partial charge in [-0.3, -0.25) is 4.79 Å². The van der Waals surface area contributed by atoms with E-state index in [1.165, 1.54) is 11.3 Å². The first-order chi connectivity index (χ1) is 11.2. The molecule has 6 heteroatoms. The molecule has 23 heavy (non-hydrogen) atoms. The van der Waals surface area contributed by atoms with E-state index >= 15 is 0 Å². The molecule has 0 aliphatic carbocycles. The number of carbonyl (C=O) groups excluding carboxylic acids is 1. The molecule has 2 aliphatic heterocycles. The van der Waals surface area contributed by atoms with Gasteiger partial charge in [-0.05, 0) is 31.9 Å². The molecule has 1 spiro atoms. The van der Waals surface area contributed by atoms with E-state index in [-0.39, 0.29) is 5.91 Å². The van der Waals surface area contributed by atoms with Gasteiger partial charge < -0.3 is 9.64 Å². The lowest BCUT2D eigenvalue weighted by molar-refractivity contribution is 0.0234. The molecule has 1 atom stereocenters. The number of aromatic nitrogens is 2. The first kappa shape index (κ1) is 14.4. The Bertz CT molecular complexity index is 786. The average Bonchev–Trinajstić information content (AvgIpc) is 3.00. The third kappa shape index (κ3) is 2.63. The van der Waals surface area contributed by atoms with Crippen LogP contribution in [0.15, 0.2) is 30.3 Å². The molecule has 0 bridgehead atoms. The molecule has 0 saturated carbocycles. The van der Waals surface area contributed by atoms with Crippen molar-refractivity contribution in [1.29, 1.82) is 0 Å². The molecule has 3 heterocycles. The minimum absolute atomic E-state index is 0.0504. The van der Waals surface area contributed by atoms with E-state index in [1.54, 1.807) is 0 Å². The fraction of sp³-hybridized carbons (Fsp3) is 0.353. The van der Waals surface area contributed by atoms with Crippen LogP contribution in [0.4, 0.5) is 0 Å². The van der Waals surface area contributed by atoms with E-state index < -0.39 is 5.60 Å². The summed E-state index contributed by atoms with van der Waals surface area (Å²) in [7, 11) is 0. The van der Waals surface area contributed by atoms with Gasteiger partial charge in [0.05, 0.1) is 6.54 Å². The van der Waals surface area contributed by atoms with E-state index in [2.05, 4.69) is 22.3 Å². The Kier molecular flexibility index (Phi) is 3.41. The molecule has 5 nitrogen and oxygen atoms in total. The number of carbonyl (C=O) groups is 1. The standard InChI is InChI=1S/C17H17N3O2S/c1-12-18-19-15(23-12)16(21)20-10-4-8-17(11-20)9-7-13-5-2-3-6-14(13)22-17/h2-3,5-7,9H,4,8,10-11H2,1H3. The number of fused-ring (bicyclic) bond motifs is 1. The number of hydrogen-bond donors (Lipinski definition) is 0. The average molecular weight is 327 g/mol. The molecule has 1 saturated heterocycles. The summed E-state index contributed by atoms with van der Waals surface area (Å²) in [6.07, 6.45) is 6.02. The van der Waals surface area contributed by atoms with E-state index in [4.69, 9.17) is 4.74 Å². The van der Waals surface area contributed by atoms with Gasteiger partial charge in [-0.15, -0.1) is 10.2 Å². The van der Waals surface area contributed by atoms with Gasteiger partial charge in [0.15, 0.2) is 0 Å². The number of rotatable bonds is 1. The number of aryl methyl sites for hydroxylation is 1. The van der Waals surface area contributed by atoms with Crippen molar-refractivity contribution in [2.45, 2.75) is 25.4 Å². The summed E-state index contributed by atoms with van der Waals surface area (Å²) in [5.74, 6) is 0.835. The van der Waals surface area contributed by atoms with Crippen LogP contribution in [0.25, 0.3) is 6.08 Å². The van der Waals surface area contributed by atoms with E-state index in [1.807, 2.05) is 36.1 Å². The summed E-state index contributed by atoms with van der Waals surface area (Å²) in [6, 6.07) is 7.99. The van der Waals surface area contributed by atoms with Crippen LogP contribution >= 0.6 is 11.3 Å². The molecule has 118 valence electrons. The number of nitrogens with zero attached hydrogens (tertiary/aromatic N) is 3. The summed E-state index contributed by atoms with van der Waals surface area (Å²) in [4.78, 5) is 14.5. The predicted molar refractivity (Wildman–Crippen MR) is 88.6 cm³/mol. The normalized spacial score (nSPS) is 22.7. The molecule has 0 N–H and O–H groups in total. The van der Waals surface area contributed by atoms with Gasteiger partial charge in [-0.2, -0.15) is 0 Å². The van der Waals surface area contributed by atoms with E-state index in [9.17, 15) is 4.79 Å². The highest BCUT2D eigenvalue weighted by Crippen LogP contribution is 2.36. The topological polar surface area (TPSA) is 55.3 Å². The predicted octanol–water partition coefficient (Wildman–Crippen LogP) is 2.93. The minimum Gasteiger partial charge on any atom is -0.481 e. The number of likely N-dealkylation sites (tertiary alicyclic amines) is 1. The molecule has 4 rings (SSSR count). The molecule has 1 amide bonds. The van der Waals surface area contributed by atoms with Crippen LogP contribution in [-0.4, -0.2) is 39.7 Å². The zero-order valence-electron chi connectivity index (χ0n) is 12.9. The molecular weight excluding hydrogens is 310 g/mol. The molecule has 1 aromatic carbocycles. The van der Waals surface area contributed by atoms with Crippen molar-refractivity contribution in [1.82, 2.24) is 15.1 Å². The Morgan fingerprint density at radius 3 is 3.04 bits per heavy atom. The molecule has 2 aliphatic rings. The zero-order valence-corrected chi connectivity index (χ0v) is 13.7. The van der Waals surface area contributed by atoms with Crippen LogP contribution < -0.4 is 4.74 Å². The number of para-hydroxylation sites is 1. The Hall–Kier alpha value is -2.21. The van der Waals surface area contributed by atoms with Crippen molar-refractivity contribution >= 4 is 23.3 Å². The Balaban J connectivity index is 1.57. The second-order valence-corrected chi connectivity index (χ2v) is 7.18. The summed E-state index contributed by atoms with van der Waals surface area (Å²) >= 11 is 1.34. The smallest absolute Gasteiger partial charge is 0.284 e. The third-order valence-corrected chi connectivity index (χ3v) is 5.11. The van der Waals surface area contributed by atoms with Crippen molar-refractivity contribution in [2.75, 3.05) is 13.1 Å². The van der Waals surface area contributed by atoms with Crippen LogP contribution in [0.2, 0.25) is 0 Å². The summed E-state index contributed by atoms with van der Waals surface area (Å²) in [6.45, 7) is 3.14. The zero-order chi connectivity index (χ0) is 15.9. The maximum atomic E-state index is 12.6. The first-order valence-corrected chi connectivity index (χ1v) is 8.54. The first-order valence-electron chi connectivity index (χ1n) is 7.72. The van der Waals surface area contributed by atoms with Crippen molar-refractivity contribution in [3.63, 3.8) is 0 Å². The molecule has 1 fully saturated rings. The summed E-state index contributed by atoms with van der Waals surface area (Å²) < 4.78 is 6.27. The van der Waals surface area contributed by atoms with Gasteiger partial charge in [-0.1, -0.05) is 35.6 Å². The largest absolute Gasteiger partial charge is 0.481 e. The lowest BCUT2D eigenvalue weighted by Crippen LogP contribution is -2.53. The van der Waals surface area contributed by atoms with Crippen molar-refractivity contribution in [2.24, 2.45) is 0 Å². The maximum absolute atomic E-state index is 12.6. The molecular formula is C17H17N3O2S. The van der Waals surface area contributed by atoms with Crippen molar-refractivity contribution in [3.8, 4) is 5.75 Å². The molecule has 2 aromatic rings. The fourth-order valence-electron chi connectivity index (χ4n) is 3.17. The van der Waals surface area contributed by atoms with E-state index in [0.29, 0.717) is 11.6 Å². The summed E-state index contributed by atoms with van der Waals surface area (Å²) in [5.41, 5.74) is 0.656. The minimum atomic E-state index is -0.429. The Labute approximate surface area is 138 Å². The van der Waals surface area contributed by atoms with Crippen molar-refractivity contribution in [3.05, 3.63) is 45.9 Å². The highest BCUT2D eigenvalue weighted by atomic mass is 32.1. The van der Waals surface area contributed by atoms with Crippen LogP contribution in [0, 0.1) is 6.92 Å². The van der Waals surface area contributed by atoms with Crippen LogP contribution in [0.1, 0.15) is 33.2 Å². The Morgan fingerprint density at radius 1 is 1.35 bits per heavy atom. The Morgan fingerprint density at radius 2 is 2.22 bits per heavy atom. The second-order valence-electron chi connectivity index (χ2n) is 5.99. The SMILES string of the molecule is Cc1nnc(C(=O)N2CCCC3(C=Cc4ccccc4O3)C2)s1. The lowest BCUT2D eigenvalue weighted by Gasteiger charge is -2.42. The third-order valence-electron chi connectivity index (χ3n) is 4.28. The fourth-order valence-corrected chi connectivity index (χ4v) is 3.83. The molecule has 0 radical (unpaired) electrons. The second kappa shape index (κ2) is 5.45. The van der Waals surface area contributed by atoms with Crippen LogP contribution in [-0.2, 0) is 0 Å². The van der Waals surface area contributed by atoms with Gasteiger partial charge >= 0.3 is 0 Å². The van der Waals surface area contributed by atoms with Gasteiger partial charge in [0.1, 0.15) is 16.4 Å². The number of piperidine rings is 1. The van der Waals surface area contributed by atoms with Crippen molar-refractivity contribution < 1.29 is 9.53 Å². The number of hydrogen-bond acceptors (Lipinski definition) is 5. The quantitative estimate of drug-likeness (QED) is 0.808. The van der Waals surface area contributed by atoms with E-state index in [0.717, 1.165) is 35.7 Å². The van der Waals surface area contributed by atoms with Crippen LogP contribution in [0.3, 0.4) is 0 Å². The highest BCUT2D eigenvalue weighted by molar-refractivity contribution is 7.13. The van der Waals surface area contributed by atoms with Crippen LogP contribution in [0.5, 0.6) is 5.75 Å². The highest BCUT2D eigenvalue weighted by Gasteiger charge is 2.39. The monoisotopic (exact) mass is 327 g/mol. The van der Waals surface area contributed by atoms with Gasteiger partial charge in [0.25, 0.3) is 5.91 Å². The van der Waals surface area contributed by atoms with Gasteiger partial charge in [0.2, 0.25) is 5.01 Å². The lowest BCUT2D eigenvalue weighted by atomic mass is 9.89. The molecule has 1 aromatic heterocycles. The maximum Gasteiger partial charge on any atom is 0.284 e. The van der Waals surface area contributed by atoms with Gasteiger partial charge in [-0.25, -0.2) is 0 Å². The number of amides is 1. The molecule has 1 unspecified atom stereocenters.